The van der Waals surface area contributed by atoms with Gasteiger partial charge in [-0.05, 0) is 30.3 Å². The molecule has 0 aliphatic carbocycles. The van der Waals surface area contributed by atoms with E-state index in [4.69, 9.17) is 16.2 Å². The van der Waals surface area contributed by atoms with Crippen molar-refractivity contribution in [3.05, 3.63) is 48.5 Å². The number of halogens is 2. The van der Waals surface area contributed by atoms with Crippen LogP contribution < -0.4 is 16.2 Å². The molecule has 0 aliphatic rings. The average Bonchev–Trinajstić information content (AvgIpc) is 2.24. The van der Waals surface area contributed by atoms with Gasteiger partial charge in [-0.3, -0.25) is 0 Å². The van der Waals surface area contributed by atoms with Crippen molar-refractivity contribution in [1.82, 2.24) is 0 Å². The Morgan fingerprint density at radius 2 is 1.47 bits per heavy atom. The van der Waals surface area contributed by atoms with Crippen molar-refractivity contribution in [1.29, 1.82) is 0 Å². The summed E-state index contributed by atoms with van der Waals surface area (Å²) in [7, 11) is 0. The summed E-state index contributed by atoms with van der Waals surface area (Å²) in [6.07, 6.45) is 0. The monoisotopic (exact) mass is 272 g/mol. The quantitative estimate of drug-likeness (QED) is 0.823. The van der Waals surface area contributed by atoms with Crippen molar-refractivity contribution in [2.45, 2.75) is 0 Å². The van der Waals surface area contributed by atoms with Gasteiger partial charge in [0.15, 0.2) is 0 Å². The Labute approximate surface area is 113 Å². The number of hydrogen-bond donors (Lipinski definition) is 2. The van der Waals surface area contributed by atoms with Crippen LogP contribution >= 0.6 is 24.8 Å². The van der Waals surface area contributed by atoms with Gasteiger partial charge in [-0.15, -0.1) is 24.8 Å². The van der Waals surface area contributed by atoms with Crippen LogP contribution in [-0.2, 0) is 0 Å². The van der Waals surface area contributed by atoms with Gasteiger partial charge >= 0.3 is 0 Å². The lowest BCUT2D eigenvalue weighted by atomic mass is 10.2. The molecule has 0 saturated heterocycles. The topological polar surface area (TPSA) is 61.3 Å². The van der Waals surface area contributed by atoms with Gasteiger partial charge in [-0.1, -0.05) is 18.2 Å². The lowest BCUT2D eigenvalue weighted by Crippen LogP contribution is -1.94. The van der Waals surface area contributed by atoms with E-state index in [0.717, 1.165) is 5.75 Å². The largest absolute Gasteiger partial charge is 0.455 e. The van der Waals surface area contributed by atoms with Crippen molar-refractivity contribution >= 4 is 36.2 Å². The number of ether oxygens (including phenoxy) is 1. The first kappa shape index (κ1) is 15.4. The van der Waals surface area contributed by atoms with Gasteiger partial charge in [-0.2, -0.15) is 0 Å². The van der Waals surface area contributed by atoms with Crippen LogP contribution in [-0.4, -0.2) is 0 Å². The molecule has 0 heterocycles. The Balaban J connectivity index is 0.00000128. The molecule has 0 bridgehead atoms. The van der Waals surface area contributed by atoms with Gasteiger partial charge in [0.1, 0.15) is 11.5 Å². The van der Waals surface area contributed by atoms with Crippen LogP contribution in [0.15, 0.2) is 48.5 Å². The normalized spacial score (nSPS) is 8.71. The van der Waals surface area contributed by atoms with Gasteiger partial charge in [-0.25, -0.2) is 0 Å². The van der Waals surface area contributed by atoms with Gasteiger partial charge in [0.05, 0.1) is 5.69 Å². The van der Waals surface area contributed by atoms with Crippen LogP contribution in [0.2, 0.25) is 0 Å². The van der Waals surface area contributed by atoms with E-state index in [1.807, 2.05) is 30.3 Å². The van der Waals surface area contributed by atoms with Crippen LogP contribution in [0.4, 0.5) is 11.4 Å². The van der Waals surface area contributed by atoms with Crippen molar-refractivity contribution in [2.24, 2.45) is 0 Å². The van der Waals surface area contributed by atoms with Crippen LogP contribution in [0.25, 0.3) is 0 Å². The molecular formula is C12H14Cl2N2O. The highest BCUT2D eigenvalue weighted by Gasteiger charge is 2.01. The molecule has 0 aromatic heterocycles. The molecule has 17 heavy (non-hydrogen) atoms. The first-order chi connectivity index (χ1) is 7.25. The minimum absolute atomic E-state index is 0. The Bertz CT molecular complexity index is 463. The molecule has 2 aromatic rings. The maximum absolute atomic E-state index is 5.76. The lowest BCUT2D eigenvalue weighted by Gasteiger charge is -2.08. The fraction of sp³-hybridized carbons (Fsp3) is 0. The van der Waals surface area contributed by atoms with Gasteiger partial charge < -0.3 is 16.2 Å². The van der Waals surface area contributed by atoms with E-state index < -0.39 is 0 Å². The molecule has 5 heteroatoms. The third-order valence-electron chi connectivity index (χ3n) is 2.00. The SMILES string of the molecule is Cl.Cl.Nc1ccc(Oc2ccccc2)c(N)c1. The highest BCUT2D eigenvalue weighted by atomic mass is 35.5. The third-order valence-corrected chi connectivity index (χ3v) is 2.00. The van der Waals surface area contributed by atoms with Crippen LogP contribution in [0, 0.1) is 0 Å². The molecule has 2 rings (SSSR count). The molecule has 0 saturated carbocycles. The summed E-state index contributed by atoms with van der Waals surface area (Å²) >= 11 is 0. The Hall–Kier alpha value is -1.58. The fourth-order valence-electron chi connectivity index (χ4n) is 1.28. The number of rotatable bonds is 2. The summed E-state index contributed by atoms with van der Waals surface area (Å²) in [5.41, 5.74) is 12.5. The number of hydrogen-bond acceptors (Lipinski definition) is 3. The van der Waals surface area contributed by atoms with Crippen molar-refractivity contribution < 1.29 is 4.74 Å². The molecule has 0 radical (unpaired) electrons. The zero-order valence-electron chi connectivity index (χ0n) is 9.00. The molecule has 0 unspecified atom stereocenters. The van der Waals surface area contributed by atoms with Gasteiger partial charge in [0.25, 0.3) is 0 Å². The first-order valence-electron chi connectivity index (χ1n) is 4.63. The molecule has 0 spiro atoms. The van der Waals surface area contributed by atoms with E-state index >= 15 is 0 Å². The number of nitrogen functional groups attached to an aromatic ring is 2. The summed E-state index contributed by atoms with van der Waals surface area (Å²) < 4.78 is 5.58. The average molecular weight is 273 g/mol. The van der Waals surface area contributed by atoms with E-state index in [2.05, 4.69) is 0 Å². The van der Waals surface area contributed by atoms with E-state index in [1.54, 1.807) is 18.2 Å². The summed E-state index contributed by atoms with van der Waals surface area (Å²) in [6, 6.07) is 14.7. The molecule has 4 N–H and O–H groups in total. The second kappa shape index (κ2) is 6.89. The van der Waals surface area contributed by atoms with E-state index in [1.165, 1.54) is 0 Å². The highest BCUT2D eigenvalue weighted by molar-refractivity contribution is 5.85. The second-order valence-corrected chi connectivity index (χ2v) is 3.21. The molecule has 3 nitrogen and oxygen atoms in total. The summed E-state index contributed by atoms with van der Waals surface area (Å²) in [4.78, 5) is 0. The minimum Gasteiger partial charge on any atom is -0.455 e. The zero-order valence-corrected chi connectivity index (χ0v) is 10.6. The van der Waals surface area contributed by atoms with E-state index in [9.17, 15) is 0 Å². The molecule has 0 aliphatic heterocycles. The third kappa shape index (κ3) is 4.06. The predicted molar refractivity (Wildman–Crippen MR) is 76.3 cm³/mol. The van der Waals surface area contributed by atoms with Crippen LogP contribution in [0.3, 0.4) is 0 Å². The van der Waals surface area contributed by atoms with Crippen molar-refractivity contribution in [2.75, 3.05) is 11.5 Å². The van der Waals surface area contributed by atoms with E-state index in [0.29, 0.717) is 17.1 Å². The minimum atomic E-state index is 0. The molecule has 0 atom stereocenters. The molecule has 92 valence electrons. The lowest BCUT2D eigenvalue weighted by molar-refractivity contribution is 0.485. The number of para-hydroxylation sites is 1. The van der Waals surface area contributed by atoms with Gasteiger partial charge in [0, 0.05) is 5.69 Å². The van der Waals surface area contributed by atoms with Crippen molar-refractivity contribution in [3.8, 4) is 11.5 Å². The Morgan fingerprint density at radius 1 is 0.824 bits per heavy atom. The summed E-state index contributed by atoms with van der Waals surface area (Å²) in [6.45, 7) is 0. The maximum atomic E-state index is 5.76. The zero-order chi connectivity index (χ0) is 10.7. The molecular weight excluding hydrogens is 259 g/mol. The summed E-state index contributed by atoms with van der Waals surface area (Å²) in [5, 5.41) is 0. The van der Waals surface area contributed by atoms with Gasteiger partial charge in [0.2, 0.25) is 0 Å². The fourth-order valence-corrected chi connectivity index (χ4v) is 1.28. The van der Waals surface area contributed by atoms with Crippen molar-refractivity contribution in [3.63, 3.8) is 0 Å². The van der Waals surface area contributed by atoms with Crippen LogP contribution in [0.5, 0.6) is 11.5 Å². The Kier molecular flexibility index (Phi) is 6.25. The number of nitrogens with two attached hydrogens (primary N) is 2. The predicted octanol–water partition coefficient (Wildman–Crippen LogP) is 3.49. The molecule has 2 aromatic carbocycles. The number of benzene rings is 2. The van der Waals surface area contributed by atoms with Crippen LogP contribution in [0.1, 0.15) is 0 Å². The number of anilines is 2. The molecule has 0 amide bonds. The smallest absolute Gasteiger partial charge is 0.150 e. The van der Waals surface area contributed by atoms with E-state index in [-0.39, 0.29) is 24.8 Å². The first-order valence-corrected chi connectivity index (χ1v) is 4.63. The maximum Gasteiger partial charge on any atom is 0.150 e. The summed E-state index contributed by atoms with van der Waals surface area (Å²) in [5.74, 6) is 1.38. The second-order valence-electron chi connectivity index (χ2n) is 3.21. The molecule has 0 fully saturated rings. The Morgan fingerprint density at radius 3 is 2.06 bits per heavy atom. The standard InChI is InChI=1S/C12H12N2O.2ClH/c13-9-6-7-12(11(14)8-9)15-10-4-2-1-3-5-10;;/h1-8H,13-14H2;2*1H. The highest BCUT2D eigenvalue weighted by Crippen LogP contribution is 2.28.